The fourth-order valence-electron chi connectivity index (χ4n) is 4.15. The molecule has 1 aliphatic rings. The van der Waals surface area contributed by atoms with Crippen LogP contribution in [-0.4, -0.2) is 27.3 Å². The molecule has 8 heteroatoms. The molecule has 0 spiro atoms. The minimum Gasteiger partial charge on any atom is -0.489 e. The summed E-state index contributed by atoms with van der Waals surface area (Å²) < 4.78 is 34.0. The predicted octanol–water partition coefficient (Wildman–Crippen LogP) is 3.67. The van der Waals surface area contributed by atoms with Crippen LogP contribution in [0.4, 0.5) is 0 Å². The van der Waals surface area contributed by atoms with Gasteiger partial charge in [0, 0.05) is 12.6 Å². The lowest BCUT2D eigenvalue weighted by atomic mass is 9.75. The highest BCUT2D eigenvalue weighted by molar-refractivity contribution is 7.90. The van der Waals surface area contributed by atoms with Crippen LogP contribution in [0.1, 0.15) is 43.1 Å². The van der Waals surface area contributed by atoms with Crippen LogP contribution in [-0.2, 0) is 21.4 Å². The number of ether oxygens (including phenoxy) is 1. The van der Waals surface area contributed by atoms with Crippen molar-refractivity contribution >= 4 is 21.8 Å². The van der Waals surface area contributed by atoms with Crippen LogP contribution in [0.25, 0.3) is 0 Å². The third kappa shape index (κ3) is 4.95. The number of allylic oxidation sites excluding steroid dienone is 1. The van der Waals surface area contributed by atoms with Crippen LogP contribution in [0.15, 0.2) is 66.1 Å². The zero-order valence-electron chi connectivity index (χ0n) is 19.3. The maximum atomic E-state index is 13.0. The number of rotatable bonds is 8. The number of hydrogen-bond acceptors (Lipinski definition) is 5. The second-order valence-electron chi connectivity index (χ2n) is 9.25. The molecule has 176 valence electrons. The van der Waals surface area contributed by atoms with Crippen molar-refractivity contribution in [3.05, 3.63) is 72.3 Å². The van der Waals surface area contributed by atoms with E-state index in [1.807, 2.05) is 20.8 Å². The van der Waals surface area contributed by atoms with Crippen molar-refractivity contribution in [2.24, 2.45) is 16.7 Å². The maximum absolute atomic E-state index is 13.0. The highest BCUT2D eigenvalue weighted by Crippen LogP contribution is 2.64. The molecule has 2 N–H and O–H groups in total. The highest BCUT2D eigenvalue weighted by Gasteiger charge is 2.65. The first-order valence-corrected chi connectivity index (χ1v) is 12.2. The number of carbonyl (C=O) groups is 2. The molecule has 2 amide bonds. The summed E-state index contributed by atoms with van der Waals surface area (Å²) in [5, 5.41) is 2.55. The van der Waals surface area contributed by atoms with Crippen molar-refractivity contribution in [3.8, 4) is 5.75 Å². The average molecular weight is 471 g/mol. The SMILES string of the molecule is C=C[C@@H]1C[C@@]1(C(=O)NS(=O)(=O)c1cccc(COc2cccc(C(=O)NC)c2)c1)C(C)(C)C. The molecule has 1 saturated carbocycles. The van der Waals surface area contributed by atoms with Crippen LogP contribution >= 0.6 is 0 Å². The quantitative estimate of drug-likeness (QED) is 0.573. The van der Waals surface area contributed by atoms with Gasteiger partial charge in [-0.15, -0.1) is 6.58 Å². The summed E-state index contributed by atoms with van der Waals surface area (Å²) in [4.78, 5) is 24.8. The summed E-state index contributed by atoms with van der Waals surface area (Å²) in [6.07, 6.45) is 2.29. The van der Waals surface area contributed by atoms with E-state index in [1.54, 1.807) is 49.5 Å². The summed E-state index contributed by atoms with van der Waals surface area (Å²) >= 11 is 0. The van der Waals surface area contributed by atoms with Crippen LogP contribution in [0.3, 0.4) is 0 Å². The molecule has 1 fully saturated rings. The van der Waals surface area contributed by atoms with Crippen molar-refractivity contribution in [1.29, 1.82) is 0 Å². The van der Waals surface area contributed by atoms with Gasteiger partial charge < -0.3 is 10.1 Å². The fourth-order valence-corrected chi connectivity index (χ4v) is 5.26. The van der Waals surface area contributed by atoms with Gasteiger partial charge in [0.2, 0.25) is 5.91 Å². The van der Waals surface area contributed by atoms with Crippen LogP contribution in [0.5, 0.6) is 5.75 Å². The van der Waals surface area contributed by atoms with E-state index in [-0.39, 0.29) is 23.3 Å². The molecule has 0 radical (unpaired) electrons. The van der Waals surface area contributed by atoms with Gasteiger partial charge in [-0.3, -0.25) is 9.59 Å². The predicted molar refractivity (Wildman–Crippen MR) is 126 cm³/mol. The number of hydrogen-bond donors (Lipinski definition) is 2. The van der Waals surface area contributed by atoms with Crippen LogP contribution < -0.4 is 14.8 Å². The van der Waals surface area contributed by atoms with Gasteiger partial charge in [-0.05, 0) is 53.6 Å². The van der Waals surface area contributed by atoms with Crippen molar-refractivity contribution in [2.75, 3.05) is 7.05 Å². The standard InChI is InChI=1S/C25H30N2O5S/c1-6-19-15-25(19,24(2,3)4)23(29)27-33(30,31)21-12-7-9-17(13-21)16-32-20-11-8-10-18(14-20)22(28)26-5/h6-14,19H,1,15-16H2,2-5H3,(H,26,28)(H,27,29)/t19-,25-/m1/s1. The molecule has 0 heterocycles. The van der Waals surface area contributed by atoms with Gasteiger partial charge >= 0.3 is 0 Å². The van der Waals surface area contributed by atoms with Crippen molar-refractivity contribution in [1.82, 2.24) is 10.0 Å². The summed E-state index contributed by atoms with van der Waals surface area (Å²) in [5.41, 5.74) is -0.140. The first-order chi connectivity index (χ1) is 15.4. The van der Waals surface area contributed by atoms with E-state index in [1.165, 1.54) is 12.1 Å². The van der Waals surface area contributed by atoms with Crippen LogP contribution in [0.2, 0.25) is 0 Å². The maximum Gasteiger partial charge on any atom is 0.264 e. The number of sulfonamides is 1. The first kappa shape index (κ1) is 24.5. The number of carbonyl (C=O) groups excluding carboxylic acids is 2. The normalized spacial score (nSPS) is 19.9. The topological polar surface area (TPSA) is 102 Å². The second kappa shape index (κ2) is 9.02. The third-order valence-corrected chi connectivity index (χ3v) is 7.54. The number of amides is 2. The Labute approximate surface area is 195 Å². The van der Waals surface area contributed by atoms with E-state index < -0.39 is 26.8 Å². The summed E-state index contributed by atoms with van der Waals surface area (Å²) in [6.45, 7) is 9.67. The number of benzene rings is 2. The van der Waals surface area contributed by atoms with Crippen LogP contribution in [0, 0.1) is 16.7 Å². The van der Waals surface area contributed by atoms with Gasteiger partial charge in [0.15, 0.2) is 0 Å². The van der Waals surface area contributed by atoms with Gasteiger partial charge in [-0.1, -0.05) is 45.0 Å². The first-order valence-electron chi connectivity index (χ1n) is 10.7. The minimum atomic E-state index is -4.06. The smallest absolute Gasteiger partial charge is 0.264 e. The van der Waals surface area contributed by atoms with Gasteiger partial charge in [0.05, 0.1) is 10.3 Å². The van der Waals surface area contributed by atoms with Gasteiger partial charge in [0.1, 0.15) is 12.4 Å². The zero-order valence-corrected chi connectivity index (χ0v) is 20.2. The van der Waals surface area contributed by atoms with Crippen molar-refractivity contribution in [3.63, 3.8) is 0 Å². The Morgan fingerprint density at radius 2 is 1.88 bits per heavy atom. The monoisotopic (exact) mass is 470 g/mol. The lowest BCUT2D eigenvalue weighted by Gasteiger charge is -2.30. The lowest BCUT2D eigenvalue weighted by molar-refractivity contribution is -0.128. The molecular weight excluding hydrogens is 440 g/mol. The molecule has 7 nitrogen and oxygen atoms in total. The molecule has 2 aromatic carbocycles. The number of nitrogens with one attached hydrogen (secondary N) is 2. The molecule has 0 saturated heterocycles. The Bertz CT molecular complexity index is 1180. The van der Waals surface area contributed by atoms with E-state index in [0.29, 0.717) is 23.3 Å². The van der Waals surface area contributed by atoms with Crippen molar-refractivity contribution < 1.29 is 22.7 Å². The van der Waals surface area contributed by atoms with Gasteiger partial charge in [-0.25, -0.2) is 13.1 Å². The summed E-state index contributed by atoms with van der Waals surface area (Å²) in [6, 6.07) is 12.9. The molecular formula is C25H30N2O5S. The fraction of sp³-hybridized carbons (Fsp3) is 0.360. The Balaban J connectivity index is 1.74. The molecule has 0 unspecified atom stereocenters. The van der Waals surface area contributed by atoms with E-state index in [4.69, 9.17) is 4.74 Å². The highest BCUT2D eigenvalue weighted by atomic mass is 32.2. The van der Waals surface area contributed by atoms with E-state index in [9.17, 15) is 18.0 Å². The molecule has 0 aromatic heterocycles. The Hall–Kier alpha value is -3.13. The largest absolute Gasteiger partial charge is 0.489 e. The van der Waals surface area contributed by atoms with Crippen molar-refractivity contribution in [2.45, 2.75) is 38.7 Å². The molecule has 2 atom stereocenters. The van der Waals surface area contributed by atoms with E-state index in [0.717, 1.165) is 0 Å². The second-order valence-corrected chi connectivity index (χ2v) is 10.9. The summed E-state index contributed by atoms with van der Waals surface area (Å²) in [5.74, 6) is -0.314. The van der Waals surface area contributed by atoms with Gasteiger partial charge in [-0.2, -0.15) is 0 Å². The molecule has 3 rings (SSSR count). The third-order valence-electron chi connectivity index (χ3n) is 6.21. The molecule has 1 aliphatic carbocycles. The molecule has 33 heavy (non-hydrogen) atoms. The molecule has 0 aliphatic heterocycles. The Morgan fingerprint density at radius 1 is 1.18 bits per heavy atom. The minimum absolute atomic E-state index is 0.0177. The molecule has 0 bridgehead atoms. The zero-order chi connectivity index (χ0) is 24.4. The average Bonchev–Trinajstić information content (AvgIpc) is 3.54. The Morgan fingerprint density at radius 3 is 2.48 bits per heavy atom. The Kier molecular flexibility index (Phi) is 6.70. The van der Waals surface area contributed by atoms with E-state index >= 15 is 0 Å². The summed E-state index contributed by atoms with van der Waals surface area (Å²) in [7, 11) is -2.52. The van der Waals surface area contributed by atoms with E-state index in [2.05, 4.69) is 16.6 Å². The van der Waals surface area contributed by atoms with Gasteiger partial charge in [0.25, 0.3) is 15.9 Å². The lowest BCUT2D eigenvalue weighted by Crippen LogP contribution is -2.43. The molecule has 2 aromatic rings.